The van der Waals surface area contributed by atoms with E-state index in [4.69, 9.17) is 16.7 Å². The zero-order valence-corrected chi connectivity index (χ0v) is 10.5. The van der Waals surface area contributed by atoms with E-state index in [0.29, 0.717) is 18.1 Å². The summed E-state index contributed by atoms with van der Waals surface area (Å²) in [5.41, 5.74) is 5.78. The van der Waals surface area contributed by atoms with Gasteiger partial charge in [-0.2, -0.15) is 4.98 Å². The lowest BCUT2D eigenvalue weighted by Gasteiger charge is -2.16. The number of hydrogen-bond donors (Lipinski definition) is 1. The summed E-state index contributed by atoms with van der Waals surface area (Å²) in [6.45, 7) is 7.24. The van der Waals surface area contributed by atoms with Gasteiger partial charge in [0.25, 0.3) is 0 Å². The zero-order valence-electron chi connectivity index (χ0n) is 10.5. The summed E-state index contributed by atoms with van der Waals surface area (Å²) in [6, 6.07) is -0.352. The van der Waals surface area contributed by atoms with Crippen LogP contribution in [-0.4, -0.2) is 34.7 Å². The molecular formula is C12H20N4O. The lowest BCUT2D eigenvalue weighted by atomic mass is 10.2. The van der Waals surface area contributed by atoms with E-state index in [1.807, 2.05) is 0 Å². The van der Waals surface area contributed by atoms with Crippen LogP contribution in [-0.2, 0) is 6.42 Å². The molecule has 0 aliphatic carbocycles. The van der Waals surface area contributed by atoms with Crippen LogP contribution in [0.5, 0.6) is 0 Å². The molecule has 0 bridgehead atoms. The van der Waals surface area contributed by atoms with E-state index in [9.17, 15) is 0 Å². The Morgan fingerprint density at radius 1 is 1.47 bits per heavy atom. The summed E-state index contributed by atoms with van der Waals surface area (Å²) in [4.78, 5) is 6.55. The van der Waals surface area contributed by atoms with Gasteiger partial charge < -0.3 is 15.2 Å². The molecule has 1 heterocycles. The van der Waals surface area contributed by atoms with E-state index in [1.165, 1.54) is 0 Å². The van der Waals surface area contributed by atoms with Gasteiger partial charge in [0.1, 0.15) is 0 Å². The van der Waals surface area contributed by atoms with Gasteiger partial charge in [0.15, 0.2) is 5.82 Å². The summed E-state index contributed by atoms with van der Waals surface area (Å²) in [5, 5.41) is 3.90. The van der Waals surface area contributed by atoms with Gasteiger partial charge in [0.05, 0.1) is 6.04 Å². The first kappa shape index (κ1) is 13.7. The predicted octanol–water partition coefficient (Wildman–Crippen LogP) is 0.977. The molecule has 17 heavy (non-hydrogen) atoms. The smallest absolute Gasteiger partial charge is 0.244 e. The third-order valence-corrected chi connectivity index (χ3v) is 2.68. The van der Waals surface area contributed by atoms with Gasteiger partial charge in [-0.3, -0.25) is 0 Å². The zero-order chi connectivity index (χ0) is 12.7. The molecule has 5 heteroatoms. The van der Waals surface area contributed by atoms with Crippen LogP contribution in [0.2, 0.25) is 0 Å². The molecule has 0 fully saturated rings. The van der Waals surface area contributed by atoms with E-state index in [-0.39, 0.29) is 6.04 Å². The fourth-order valence-electron chi connectivity index (χ4n) is 1.53. The Balaban J connectivity index is 2.48. The molecule has 0 aromatic carbocycles. The van der Waals surface area contributed by atoms with Crippen molar-refractivity contribution in [2.75, 3.05) is 19.6 Å². The molecule has 5 nitrogen and oxygen atoms in total. The van der Waals surface area contributed by atoms with Gasteiger partial charge in [-0.15, -0.1) is 12.3 Å². The summed E-state index contributed by atoms with van der Waals surface area (Å²) in [5.74, 6) is 3.60. The molecule has 1 aromatic rings. The Kier molecular flexibility index (Phi) is 5.67. The minimum absolute atomic E-state index is 0.352. The quantitative estimate of drug-likeness (QED) is 0.715. The fraction of sp³-hybridized carbons (Fsp3) is 0.667. The number of rotatable bonds is 7. The first-order valence-electron chi connectivity index (χ1n) is 5.95. The molecule has 0 saturated heterocycles. The second-order valence-corrected chi connectivity index (χ2v) is 3.84. The third-order valence-electron chi connectivity index (χ3n) is 2.68. The van der Waals surface area contributed by atoms with E-state index in [1.54, 1.807) is 0 Å². The number of nitrogens with two attached hydrogens (primary N) is 1. The van der Waals surface area contributed by atoms with Crippen LogP contribution >= 0.6 is 0 Å². The van der Waals surface area contributed by atoms with Crippen molar-refractivity contribution in [3.05, 3.63) is 11.7 Å². The monoisotopic (exact) mass is 236 g/mol. The second-order valence-electron chi connectivity index (χ2n) is 3.84. The highest BCUT2D eigenvalue weighted by atomic mass is 16.5. The summed E-state index contributed by atoms with van der Waals surface area (Å²) >= 11 is 0. The van der Waals surface area contributed by atoms with E-state index < -0.39 is 0 Å². The van der Waals surface area contributed by atoms with Crippen LogP contribution in [0.15, 0.2) is 4.52 Å². The minimum Gasteiger partial charge on any atom is -0.338 e. The largest absolute Gasteiger partial charge is 0.338 e. The molecule has 1 rings (SSSR count). The van der Waals surface area contributed by atoms with Crippen molar-refractivity contribution in [1.82, 2.24) is 15.0 Å². The van der Waals surface area contributed by atoms with Gasteiger partial charge >= 0.3 is 0 Å². The number of likely N-dealkylation sites (N-methyl/N-ethyl adjacent to an activating group) is 1. The van der Waals surface area contributed by atoms with Crippen molar-refractivity contribution >= 4 is 0 Å². The molecule has 0 amide bonds. The van der Waals surface area contributed by atoms with Crippen molar-refractivity contribution in [2.45, 2.75) is 32.7 Å². The molecule has 2 N–H and O–H groups in total. The van der Waals surface area contributed by atoms with Gasteiger partial charge in [0.2, 0.25) is 5.89 Å². The molecule has 0 saturated carbocycles. The number of hydrogen-bond acceptors (Lipinski definition) is 5. The maximum Gasteiger partial charge on any atom is 0.244 e. The van der Waals surface area contributed by atoms with Crippen LogP contribution in [0.3, 0.4) is 0 Å². The van der Waals surface area contributed by atoms with Crippen LogP contribution < -0.4 is 5.73 Å². The fourth-order valence-corrected chi connectivity index (χ4v) is 1.53. The molecule has 94 valence electrons. The minimum atomic E-state index is -0.352. The van der Waals surface area contributed by atoms with E-state index in [2.05, 4.69) is 34.8 Å². The maximum atomic E-state index is 5.78. The molecule has 1 unspecified atom stereocenters. The van der Waals surface area contributed by atoms with Crippen LogP contribution in [0, 0.1) is 12.3 Å². The summed E-state index contributed by atoms with van der Waals surface area (Å²) < 4.78 is 5.08. The highest BCUT2D eigenvalue weighted by Gasteiger charge is 2.13. The SMILES string of the molecule is C#CCC(N)c1nc(CCN(CC)CC)no1. The Labute approximate surface area is 102 Å². The molecule has 0 radical (unpaired) electrons. The third kappa shape index (κ3) is 4.17. The average Bonchev–Trinajstić information content (AvgIpc) is 2.79. The topological polar surface area (TPSA) is 68.2 Å². The van der Waals surface area contributed by atoms with Gasteiger partial charge in [-0.1, -0.05) is 19.0 Å². The summed E-state index contributed by atoms with van der Waals surface area (Å²) in [7, 11) is 0. The number of terminal acetylenes is 1. The normalized spacial score (nSPS) is 12.6. The molecule has 0 aliphatic heterocycles. The predicted molar refractivity (Wildman–Crippen MR) is 66.2 cm³/mol. The maximum absolute atomic E-state index is 5.78. The van der Waals surface area contributed by atoms with Crippen LogP contribution in [0.25, 0.3) is 0 Å². The number of nitrogens with zero attached hydrogens (tertiary/aromatic N) is 3. The highest BCUT2D eigenvalue weighted by molar-refractivity contribution is 4.98. The first-order chi connectivity index (χ1) is 8.21. The van der Waals surface area contributed by atoms with Crippen LogP contribution in [0.1, 0.15) is 38.0 Å². The van der Waals surface area contributed by atoms with Crippen LogP contribution in [0.4, 0.5) is 0 Å². The van der Waals surface area contributed by atoms with Crippen molar-refractivity contribution in [3.63, 3.8) is 0 Å². The van der Waals surface area contributed by atoms with E-state index in [0.717, 1.165) is 26.1 Å². The van der Waals surface area contributed by atoms with E-state index >= 15 is 0 Å². The molecule has 1 atom stereocenters. The lowest BCUT2D eigenvalue weighted by molar-refractivity contribution is 0.302. The Hall–Kier alpha value is -1.38. The van der Waals surface area contributed by atoms with Gasteiger partial charge in [-0.25, -0.2) is 0 Å². The molecule has 0 aliphatic rings. The van der Waals surface area contributed by atoms with Gasteiger partial charge in [-0.05, 0) is 13.1 Å². The molecular weight excluding hydrogens is 216 g/mol. The Bertz CT molecular complexity index is 365. The first-order valence-corrected chi connectivity index (χ1v) is 5.95. The molecule has 0 spiro atoms. The standard InChI is InChI=1S/C12H20N4O/c1-4-7-10(13)12-14-11(15-17-12)8-9-16(5-2)6-3/h1,10H,5-9,13H2,2-3H3. The van der Waals surface area contributed by atoms with Crippen molar-refractivity contribution in [3.8, 4) is 12.3 Å². The van der Waals surface area contributed by atoms with Crippen molar-refractivity contribution in [1.29, 1.82) is 0 Å². The Morgan fingerprint density at radius 2 is 2.18 bits per heavy atom. The van der Waals surface area contributed by atoms with Gasteiger partial charge in [0, 0.05) is 19.4 Å². The Morgan fingerprint density at radius 3 is 2.76 bits per heavy atom. The van der Waals surface area contributed by atoms with Crippen molar-refractivity contribution in [2.24, 2.45) is 5.73 Å². The molecule has 1 aromatic heterocycles. The average molecular weight is 236 g/mol. The lowest BCUT2D eigenvalue weighted by Crippen LogP contribution is -2.25. The summed E-state index contributed by atoms with van der Waals surface area (Å²) in [6.07, 6.45) is 6.37. The van der Waals surface area contributed by atoms with Crippen molar-refractivity contribution < 1.29 is 4.52 Å². The second kappa shape index (κ2) is 7.05. The number of aromatic nitrogens is 2. The highest BCUT2D eigenvalue weighted by Crippen LogP contribution is 2.10.